The Morgan fingerprint density at radius 2 is 1.50 bits per heavy atom. The van der Waals surface area contributed by atoms with Crippen molar-refractivity contribution >= 4 is 10.8 Å². The molecule has 0 bridgehead atoms. The van der Waals surface area contributed by atoms with Gasteiger partial charge in [-0.15, -0.1) is 0 Å². The minimum atomic E-state index is -0.865. The third kappa shape index (κ3) is 2.40. The lowest BCUT2D eigenvalue weighted by atomic mass is 9.82. The molecule has 0 heterocycles. The van der Waals surface area contributed by atoms with Gasteiger partial charge >= 0.3 is 0 Å². The molecule has 2 aromatic rings. The quantitative estimate of drug-likeness (QED) is 0.851. The molecule has 0 amide bonds. The first-order chi connectivity index (χ1) is 8.41. The number of aliphatic hydroxyl groups excluding tert-OH is 2. The molecule has 0 aliphatic carbocycles. The summed E-state index contributed by atoms with van der Waals surface area (Å²) < 4.78 is 0. The van der Waals surface area contributed by atoms with Gasteiger partial charge < -0.3 is 10.2 Å². The highest BCUT2D eigenvalue weighted by Gasteiger charge is 2.30. The summed E-state index contributed by atoms with van der Waals surface area (Å²) in [6, 6.07) is 13.7. The Morgan fingerprint density at radius 1 is 0.889 bits per heavy atom. The first kappa shape index (κ1) is 13.1. The van der Waals surface area contributed by atoms with Crippen LogP contribution in [0, 0.1) is 5.41 Å². The monoisotopic (exact) mass is 244 g/mol. The zero-order valence-corrected chi connectivity index (χ0v) is 11.1. The van der Waals surface area contributed by atoms with Crippen LogP contribution in [-0.4, -0.2) is 16.3 Å². The minimum absolute atomic E-state index is 0.351. The number of fused-ring (bicyclic) bond motifs is 1. The summed E-state index contributed by atoms with van der Waals surface area (Å²) in [4.78, 5) is 0. The summed E-state index contributed by atoms with van der Waals surface area (Å²) in [6.07, 6.45) is -1.65. The summed E-state index contributed by atoms with van der Waals surface area (Å²) in [5.74, 6) is 0. The predicted octanol–water partition coefficient (Wildman–Crippen LogP) is 3.28. The van der Waals surface area contributed by atoms with Crippen molar-refractivity contribution in [2.75, 3.05) is 0 Å². The molecular weight excluding hydrogens is 224 g/mol. The van der Waals surface area contributed by atoms with Gasteiger partial charge in [-0.3, -0.25) is 0 Å². The third-order valence-electron chi connectivity index (χ3n) is 3.33. The van der Waals surface area contributed by atoms with Gasteiger partial charge in [-0.1, -0.05) is 63.2 Å². The molecule has 2 heteroatoms. The van der Waals surface area contributed by atoms with Crippen LogP contribution in [-0.2, 0) is 0 Å². The Bertz CT molecular complexity index is 535. The Morgan fingerprint density at radius 3 is 2.17 bits per heavy atom. The van der Waals surface area contributed by atoms with Gasteiger partial charge in [0.05, 0.1) is 6.10 Å². The zero-order chi connectivity index (χ0) is 13.3. The molecule has 0 aliphatic rings. The lowest BCUT2D eigenvalue weighted by Gasteiger charge is -2.30. The second kappa shape index (κ2) is 4.71. The Balaban J connectivity index is 2.48. The number of rotatable bonds is 2. The first-order valence-corrected chi connectivity index (χ1v) is 6.25. The van der Waals surface area contributed by atoms with E-state index in [1.807, 2.05) is 63.2 Å². The van der Waals surface area contributed by atoms with E-state index in [0.717, 1.165) is 16.3 Å². The summed E-state index contributed by atoms with van der Waals surface area (Å²) in [5.41, 5.74) is 0.437. The van der Waals surface area contributed by atoms with Crippen LogP contribution in [0.25, 0.3) is 10.8 Å². The van der Waals surface area contributed by atoms with E-state index in [1.54, 1.807) is 0 Å². The molecule has 2 N–H and O–H groups in total. The molecule has 2 atom stereocenters. The molecule has 96 valence electrons. The van der Waals surface area contributed by atoms with Crippen molar-refractivity contribution in [1.82, 2.24) is 0 Å². The molecule has 0 aromatic heterocycles. The molecule has 0 saturated heterocycles. The highest BCUT2D eigenvalue weighted by Crippen LogP contribution is 2.33. The summed E-state index contributed by atoms with van der Waals surface area (Å²) in [5, 5.41) is 22.7. The van der Waals surface area contributed by atoms with Crippen LogP contribution < -0.4 is 0 Å². The standard InChI is InChI=1S/C16H20O2/c1-16(2,3)15(18)14(17)13-10-6-8-11-7-4-5-9-12(11)13/h4-10,14-15,17-18H,1-3H3. The molecule has 18 heavy (non-hydrogen) atoms. The number of benzene rings is 2. The number of hydrogen-bond donors (Lipinski definition) is 2. The highest BCUT2D eigenvalue weighted by atomic mass is 16.3. The molecule has 2 rings (SSSR count). The van der Waals surface area contributed by atoms with Crippen molar-refractivity contribution in [3.8, 4) is 0 Å². The van der Waals surface area contributed by atoms with E-state index in [-0.39, 0.29) is 5.41 Å². The van der Waals surface area contributed by atoms with Crippen LogP contribution in [0.15, 0.2) is 42.5 Å². The van der Waals surface area contributed by atoms with Crippen molar-refractivity contribution in [3.63, 3.8) is 0 Å². The second-order valence-electron chi connectivity index (χ2n) is 5.82. The Labute approximate surface area is 108 Å². The molecule has 2 unspecified atom stereocenters. The molecule has 2 aromatic carbocycles. The van der Waals surface area contributed by atoms with E-state index in [4.69, 9.17) is 0 Å². The predicted molar refractivity (Wildman–Crippen MR) is 74.4 cm³/mol. The maximum absolute atomic E-state index is 10.4. The fraction of sp³-hybridized carbons (Fsp3) is 0.375. The molecule has 0 aliphatic heterocycles. The van der Waals surface area contributed by atoms with E-state index in [1.165, 1.54) is 0 Å². The lowest BCUT2D eigenvalue weighted by Crippen LogP contribution is -2.32. The maximum atomic E-state index is 10.4. The van der Waals surface area contributed by atoms with Crippen LogP contribution in [0.3, 0.4) is 0 Å². The number of hydrogen-bond acceptors (Lipinski definition) is 2. The van der Waals surface area contributed by atoms with Gasteiger partial charge in [0.15, 0.2) is 0 Å². The van der Waals surface area contributed by atoms with Crippen molar-refractivity contribution in [2.45, 2.75) is 33.0 Å². The van der Waals surface area contributed by atoms with E-state index >= 15 is 0 Å². The van der Waals surface area contributed by atoms with Crippen molar-refractivity contribution in [2.24, 2.45) is 5.41 Å². The topological polar surface area (TPSA) is 40.5 Å². The maximum Gasteiger partial charge on any atom is 0.106 e. The Hall–Kier alpha value is -1.38. The normalized spacial score (nSPS) is 15.6. The van der Waals surface area contributed by atoms with Crippen molar-refractivity contribution < 1.29 is 10.2 Å². The fourth-order valence-corrected chi connectivity index (χ4v) is 2.15. The van der Waals surface area contributed by atoms with E-state index < -0.39 is 12.2 Å². The first-order valence-electron chi connectivity index (χ1n) is 6.25. The summed E-state index contributed by atoms with van der Waals surface area (Å²) >= 11 is 0. The molecule has 0 radical (unpaired) electrons. The summed E-state index contributed by atoms with van der Waals surface area (Å²) in [7, 11) is 0. The van der Waals surface area contributed by atoms with Crippen LogP contribution >= 0.6 is 0 Å². The van der Waals surface area contributed by atoms with Crippen molar-refractivity contribution in [3.05, 3.63) is 48.0 Å². The van der Waals surface area contributed by atoms with Crippen molar-refractivity contribution in [1.29, 1.82) is 0 Å². The van der Waals surface area contributed by atoms with Gasteiger partial charge in [0.1, 0.15) is 6.10 Å². The van der Waals surface area contributed by atoms with Crippen LogP contribution in [0.5, 0.6) is 0 Å². The molecule has 0 fully saturated rings. The van der Waals surface area contributed by atoms with E-state index in [0.29, 0.717) is 0 Å². The smallest absolute Gasteiger partial charge is 0.106 e. The SMILES string of the molecule is CC(C)(C)C(O)C(O)c1cccc2ccccc12. The van der Waals surface area contributed by atoms with Gasteiger partial charge in [0.25, 0.3) is 0 Å². The van der Waals surface area contributed by atoms with Crippen LogP contribution in [0.4, 0.5) is 0 Å². The van der Waals surface area contributed by atoms with Gasteiger partial charge in [-0.2, -0.15) is 0 Å². The van der Waals surface area contributed by atoms with E-state index in [9.17, 15) is 10.2 Å². The Kier molecular flexibility index (Phi) is 3.42. The molecule has 2 nitrogen and oxygen atoms in total. The number of aliphatic hydroxyl groups is 2. The molecule has 0 saturated carbocycles. The van der Waals surface area contributed by atoms with Gasteiger partial charge in [-0.25, -0.2) is 0 Å². The largest absolute Gasteiger partial charge is 0.390 e. The average molecular weight is 244 g/mol. The van der Waals surface area contributed by atoms with E-state index in [2.05, 4.69) is 0 Å². The van der Waals surface area contributed by atoms with Gasteiger partial charge in [-0.05, 0) is 21.8 Å². The third-order valence-corrected chi connectivity index (χ3v) is 3.33. The molecular formula is C16H20O2. The minimum Gasteiger partial charge on any atom is -0.390 e. The second-order valence-corrected chi connectivity index (χ2v) is 5.82. The lowest BCUT2D eigenvalue weighted by molar-refractivity contribution is -0.0451. The fourth-order valence-electron chi connectivity index (χ4n) is 2.15. The van der Waals surface area contributed by atoms with Gasteiger partial charge in [0, 0.05) is 0 Å². The van der Waals surface area contributed by atoms with Crippen LogP contribution in [0.2, 0.25) is 0 Å². The zero-order valence-electron chi connectivity index (χ0n) is 11.1. The highest BCUT2D eigenvalue weighted by molar-refractivity contribution is 5.86. The van der Waals surface area contributed by atoms with Gasteiger partial charge in [0.2, 0.25) is 0 Å². The summed E-state index contributed by atoms with van der Waals surface area (Å²) in [6.45, 7) is 5.77. The average Bonchev–Trinajstić information content (AvgIpc) is 2.35. The molecule has 0 spiro atoms. The van der Waals surface area contributed by atoms with Crippen LogP contribution in [0.1, 0.15) is 32.4 Å².